The van der Waals surface area contributed by atoms with Gasteiger partial charge in [0.1, 0.15) is 85.5 Å². The molecule has 2 aliphatic heterocycles. The summed E-state index contributed by atoms with van der Waals surface area (Å²) in [5.41, 5.74) is 0. The van der Waals surface area contributed by atoms with E-state index in [1.165, 1.54) is 0 Å². The molecule has 2 saturated heterocycles. The quantitative estimate of drug-likeness (QED) is 0.0639. The van der Waals surface area contributed by atoms with E-state index in [9.17, 15) is 70.9 Å². The van der Waals surface area contributed by atoms with Crippen LogP contribution in [0.25, 0.3) is 0 Å². The van der Waals surface area contributed by atoms with Crippen LogP contribution in [0.15, 0.2) is 0 Å². The standard InChI is InChI=1S/2C12H22O12.2BrH.2Ca/c2*13-1-3(15)10(7(18)8(19)11(21)22)24-12-9(20)6(17)5(16)4(2-14)23-12;;;;/h2*3-10,12-20H,1-2H2,(H,21,22);2*1H;;/q;;;;;+2/p-2/t2*3-,4-,5+,6+,7-,8-,9-,10-,12+;;;;/m11..../s1. The summed E-state index contributed by atoms with van der Waals surface area (Å²) in [6, 6.07) is 0. The van der Waals surface area contributed by atoms with E-state index in [2.05, 4.69) is 0 Å². The van der Waals surface area contributed by atoms with Gasteiger partial charge in [0, 0.05) is 37.7 Å². The first kappa shape index (κ1) is 60.3. The Labute approximate surface area is 374 Å². The Morgan fingerprint density at radius 2 is 0.808 bits per heavy atom. The Hall–Kier alpha value is 1.62. The number of aliphatic carboxylic acids is 2. The van der Waals surface area contributed by atoms with Crippen LogP contribution in [0.3, 0.4) is 0 Å². The summed E-state index contributed by atoms with van der Waals surface area (Å²) in [4.78, 5) is 21.4. The zero-order chi connectivity index (χ0) is 37.2. The first-order valence-electron chi connectivity index (χ1n) is 14.0. The molecule has 2 rings (SSSR count). The number of aliphatic hydroxyl groups is 16. The molecule has 0 aromatic carbocycles. The van der Waals surface area contributed by atoms with Crippen molar-refractivity contribution in [3.8, 4) is 0 Å². The molecular formula is C24H44Br2Ca2O24. The Morgan fingerprint density at radius 3 is 1.02 bits per heavy atom. The molecule has 52 heavy (non-hydrogen) atoms. The van der Waals surface area contributed by atoms with E-state index in [-0.39, 0.29) is 109 Å². The monoisotopic (exact) mass is 954 g/mol. The maximum absolute atomic E-state index is 10.7. The first-order chi connectivity index (χ1) is 22.3. The number of carboxylic acid groups (broad SMARTS) is 2. The number of aliphatic hydroxyl groups excluding tert-OH is 16. The average molecular weight is 957 g/mol. The van der Waals surface area contributed by atoms with Crippen molar-refractivity contribution in [1.29, 1.82) is 0 Å². The predicted molar refractivity (Wildman–Crippen MR) is 154 cm³/mol. The van der Waals surface area contributed by atoms with Crippen LogP contribution in [0, 0.1) is 0 Å². The van der Waals surface area contributed by atoms with E-state index in [0.717, 1.165) is 0 Å². The molecule has 0 spiro atoms. The van der Waals surface area contributed by atoms with Gasteiger partial charge in [0.05, 0.1) is 26.4 Å². The van der Waals surface area contributed by atoms with Gasteiger partial charge in [0.2, 0.25) is 0 Å². The summed E-state index contributed by atoms with van der Waals surface area (Å²) in [6.45, 7) is -3.52. The number of carboxylic acids is 2. The summed E-state index contributed by atoms with van der Waals surface area (Å²) in [5, 5.41) is 169. The van der Waals surface area contributed by atoms with Crippen LogP contribution >= 0.6 is 0 Å². The van der Waals surface area contributed by atoms with Crippen molar-refractivity contribution in [1.82, 2.24) is 0 Å². The summed E-state index contributed by atoms with van der Waals surface area (Å²) >= 11 is 0. The molecule has 2 aliphatic rings. The van der Waals surface area contributed by atoms with Gasteiger partial charge in [-0.05, 0) is 0 Å². The third kappa shape index (κ3) is 16.5. The van der Waals surface area contributed by atoms with Crippen molar-refractivity contribution in [3.05, 3.63) is 0 Å². The third-order valence-electron chi connectivity index (χ3n) is 7.24. The summed E-state index contributed by atoms with van der Waals surface area (Å²) in [6.07, 6.45) is -33.9. The van der Waals surface area contributed by atoms with Crippen LogP contribution in [0.4, 0.5) is 0 Å². The predicted octanol–water partition coefficient (Wildman–Crippen LogP) is -18.1. The maximum Gasteiger partial charge on any atom is 2.00 e. The molecule has 0 bridgehead atoms. The van der Waals surface area contributed by atoms with Gasteiger partial charge < -0.3 is 145 Å². The van der Waals surface area contributed by atoms with E-state index < -0.39 is 149 Å². The van der Waals surface area contributed by atoms with Gasteiger partial charge in [0.25, 0.3) is 0 Å². The van der Waals surface area contributed by atoms with Crippen molar-refractivity contribution < 1.29 is 154 Å². The molecule has 24 nitrogen and oxygen atoms in total. The van der Waals surface area contributed by atoms with Crippen molar-refractivity contribution in [2.24, 2.45) is 0 Å². The molecule has 2 heterocycles. The fraction of sp³-hybridized carbons (Fsp3) is 0.917. The number of hydrogen-bond donors (Lipinski definition) is 18. The number of halogens is 2. The molecule has 2 fully saturated rings. The van der Waals surface area contributed by atoms with Crippen molar-refractivity contribution in [2.45, 2.75) is 110 Å². The summed E-state index contributed by atoms with van der Waals surface area (Å²) in [7, 11) is 0. The van der Waals surface area contributed by atoms with Crippen molar-refractivity contribution in [2.75, 3.05) is 26.4 Å². The van der Waals surface area contributed by atoms with Gasteiger partial charge >= 0.3 is 49.7 Å². The van der Waals surface area contributed by atoms with E-state index >= 15 is 0 Å². The second kappa shape index (κ2) is 28.9. The van der Waals surface area contributed by atoms with Gasteiger partial charge in [-0.3, -0.25) is 0 Å². The fourth-order valence-electron chi connectivity index (χ4n) is 4.33. The molecule has 0 aromatic rings. The normalized spacial score (nSPS) is 33.2. The topological polar surface area (TPSA) is 435 Å². The molecule has 2 radical (unpaired) electrons. The molecule has 302 valence electrons. The minimum absolute atomic E-state index is 0. The zero-order valence-corrected chi connectivity index (χ0v) is 34.5. The molecule has 0 saturated carbocycles. The minimum Gasteiger partial charge on any atom is -1.00 e. The number of hydrogen-bond acceptors (Lipinski definition) is 22. The van der Waals surface area contributed by atoms with E-state index in [4.69, 9.17) is 49.6 Å². The third-order valence-corrected chi connectivity index (χ3v) is 7.24. The Kier molecular flexibility index (Phi) is 33.5. The summed E-state index contributed by atoms with van der Waals surface area (Å²) < 4.78 is 20.0. The second-order valence-corrected chi connectivity index (χ2v) is 10.6. The van der Waals surface area contributed by atoms with Gasteiger partial charge in [-0.15, -0.1) is 0 Å². The van der Waals surface area contributed by atoms with E-state index in [1.54, 1.807) is 0 Å². The minimum atomic E-state index is -2.39. The molecule has 18 atom stereocenters. The number of ether oxygens (including phenoxy) is 4. The van der Waals surface area contributed by atoms with Crippen LogP contribution in [-0.4, -0.2) is 316 Å². The smallest absolute Gasteiger partial charge is 1.00 e. The second-order valence-electron chi connectivity index (χ2n) is 10.6. The SMILES string of the molecule is O=C(O)[C@H](O)[C@@H](O)[C@H](O[C@@H]1O[C@H](CO)[C@H](O)[C@H](O)[C@H]1O)[C@H](O)CO.O=C(O)[C@H](O)[C@@H](O)[C@H](O[C@@H]1O[C@H](CO)[C@H](O)[C@H](O)[C@H]1O)[C@H](O)CO.[Br-].[Br-].[Ca+2].[Ca]. The average Bonchev–Trinajstić information content (AvgIpc) is 3.07. The molecule has 18 N–H and O–H groups in total. The molecule has 28 heteroatoms. The molecule has 0 aromatic heterocycles. The maximum atomic E-state index is 10.7. The Morgan fingerprint density at radius 1 is 0.538 bits per heavy atom. The van der Waals surface area contributed by atoms with Gasteiger partial charge in [-0.25, -0.2) is 9.59 Å². The number of carbonyl (C=O) groups is 2. The van der Waals surface area contributed by atoms with Crippen LogP contribution in [0.1, 0.15) is 0 Å². The van der Waals surface area contributed by atoms with Gasteiger partial charge in [0.15, 0.2) is 24.8 Å². The fourth-order valence-corrected chi connectivity index (χ4v) is 4.33. The van der Waals surface area contributed by atoms with Gasteiger partial charge in [-0.2, -0.15) is 0 Å². The van der Waals surface area contributed by atoms with Crippen LogP contribution in [0.2, 0.25) is 0 Å². The first-order valence-corrected chi connectivity index (χ1v) is 14.0. The molecule has 0 aliphatic carbocycles. The molecule has 0 unspecified atom stereocenters. The van der Waals surface area contributed by atoms with Crippen molar-refractivity contribution >= 4 is 87.4 Å². The van der Waals surface area contributed by atoms with Gasteiger partial charge in [-0.1, -0.05) is 0 Å². The molecule has 0 amide bonds. The Bertz CT molecular complexity index is 905. The van der Waals surface area contributed by atoms with Crippen LogP contribution in [0.5, 0.6) is 0 Å². The summed E-state index contributed by atoms with van der Waals surface area (Å²) in [5.74, 6) is -3.68. The largest absolute Gasteiger partial charge is 2.00 e. The Balaban J connectivity index is -0.000000411. The van der Waals surface area contributed by atoms with Crippen LogP contribution < -0.4 is 34.0 Å². The van der Waals surface area contributed by atoms with Crippen molar-refractivity contribution in [3.63, 3.8) is 0 Å². The van der Waals surface area contributed by atoms with E-state index in [0.29, 0.717) is 0 Å². The number of rotatable bonds is 16. The zero-order valence-electron chi connectivity index (χ0n) is 26.9. The molecular weight excluding hydrogens is 912 g/mol. The van der Waals surface area contributed by atoms with E-state index in [1.807, 2.05) is 0 Å². The van der Waals surface area contributed by atoms with Crippen LogP contribution in [-0.2, 0) is 28.5 Å².